The standard InChI is InChI=1S/C13H15N3O4/c1-7-9(4-5-12(17)20-3)8(2)16-11(14-7)6-10(15-16)13(18)19/h6H,4-5H2,1-3H3,(H,18,19). The third-order valence-corrected chi connectivity index (χ3v) is 3.19. The number of ether oxygens (including phenoxy) is 1. The zero-order valence-corrected chi connectivity index (χ0v) is 11.5. The second-order valence-corrected chi connectivity index (χ2v) is 4.44. The molecule has 0 unspecified atom stereocenters. The molecule has 0 amide bonds. The number of esters is 1. The molecule has 2 heterocycles. The molecule has 2 aromatic rings. The summed E-state index contributed by atoms with van der Waals surface area (Å²) in [4.78, 5) is 26.5. The Kier molecular flexibility index (Phi) is 3.69. The van der Waals surface area contributed by atoms with Crippen molar-refractivity contribution in [3.63, 3.8) is 0 Å². The maximum atomic E-state index is 11.2. The Bertz CT molecular complexity index is 690. The molecule has 0 saturated carbocycles. The summed E-state index contributed by atoms with van der Waals surface area (Å²) in [6.07, 6.45) is 0.730. The molecule has 7 nitrogen and oxygen atoms in total. The van der Waals surface area contributed by atoms with Crippen LogP contribution >= 0.6 is 0 Å². The first kappa shape index (κ1) is 14.0. The van der Waals surface area contributed by atoms with E-state index in [4.69, 9.17) is 5.11 Å². The van der Waals surface area contributed by atoms with Gasteiger partial charge in [-0.05, 0) is 25.8 Å². The number of hydrogen-bond donors (Lipinski definition) is 1. The fourth-order valence-electron chi connectivity index (χ4n) is 2.12. The topological polar surface area (TPSA) is 93.8 Å². The van der Waals surface area contributed by atoms with Gasteiger partial charge in [0.25, 0.3) is 0 Å². The van der Waals surface area contributed by atoms with Crippen LogP contribution in [0.2, 0.25) is 0 Å². The number of carbonyl (C=O) groups is 2. The smallest absolute Gasteiger partial charge is 0.356 e. The highest BCUT2D eigenvalue weighted by atomic mass is 16.5. The summed E-state index contributed by atoms with van der Waals surface area (Å²) in [5.74, 6) is -1.39. The molecule has 2 rings (SSSR count). The first-order valence-electron chi connectivity index (χ1n) is 6.10. The Hall–Kier alpha value is -2.44. The molecule has 0 spiro atoms. The van der Waals surface area contributed by atoms with Gasteiger partial charge in [-0.3, -0.25) is 4.79 Å². The van der Waals surface area contributed by atoms with Gasteiger partial charge in [0.05, 0.1) is 7.11 Å². The first-order chi connectivity index (χ1) is 9.43. The highest BCUT2D eigenvalue weighted by molar-refractivity contribution is 5.86. The predicted molar refractivity (Wildman–Crippen MR) is 69.8 cm³/mol. The fourth-order valence-corrected chi connectivity index (χ4v) is 2.12. The van der Waals surface area contributed by atoms with Crippen molar-refractivity contribution in [3.05, 3.63) is 28.7 Å². The maximum Gasteiger partial charge on any atom is 0.356 e. The van der Waals surface area contributed by atoms with Crippen molar-refractivity contribution in [2.45, 2.75) is 26.7 Å². The highest BCUT2D eigenvalue weighted by Gasteiger charge is 2.15. The molecule has 0 atom stereocenters. The van der Waals surface area contributed by atoms with Crippen LogP contribution in [0.1, 0.15) is 33.9 Å². The molecule has 7 heteroatoms. The van der Waals surface area contributed by atoms with E-state index in [-0.39, 0.29) is 18.1 Å². The summed E-state index contributed by atoms with van der Waals surface area (Å²) in [5.41, 5.74) is 2.85. The van der Waals surface area contributed by atoms with Crippen molar-refractivity contribution in [2.24, 2.45) is 0 Å². The van der Waals surface area contributed by atoms with Crippen molar-refractivity contribution in [1.29, 1.82) is 0 Å². The van der Waals surface area contributed by atoms with Gasteiger partial charge in [0.1, 0.15) is 0 Å². The summed E-state index contributed by atoms with van der Waals surface area (Å²) < 4.78 is 6.10. The van der Waals surface area contributed by atoms with Gasteiger partial charge in [0.15, 0.2) is 11.3 Å². The Labute approximate surface area is 115 Å². The van der Waals surface area contributed by atoms with Gasteiger partial charge in [-0.1, -0.05) is 0 Å². The van der Waals surface area contributed by atoms with Gasteiger partial charge in [0.2, 0.25) is 0 Å². The van der Waals surface area contributed by atoms with E-state index < -0.39 is 5.97 Å². The number of fused-ring (bicyclic) bond motifs is 1. The number of hydrogen-bond acceptors (Lipinski definition) is 5. The van der Waals surface area contributed by atoms with Crippen molar-refractivity contribution in [1.82, 2.24) is 14.6 Å². The fraction of sp³-hybridized carbons (Fsp3) is 0.385. The van der Waals surface area contributed by atoms with Crippen molar-refractivity contribution < 1.29 is 19.4 Å². The average molecular weight is 277 g/mol. The van der Waals surface area contributed by atoms with Crippen LogP contribution in [-0.4, -0.2) is 38.8 Å². The molecule has 0 aliphatic rings. The second kappa shape index (κ2) is 5.28. The van der Waals surface area contributed by atoms with E-state index in [1.807, 2.05) is 13.8 Å². The van der Waals surface area contributed by atoms with Crippen LogP contribution in [0.25, 0.3) is 5.65 Å². The molecular formula is C13H15N3O4. The van der Waals surface area contributed by atoms with Gasteiger partial charge >= 0.3 is 11.9 Å². The van der Waals surface area contributed by atoms with E-state index >= 15 is 0 Å². The molecule has 0 radical (unpaired) electrons. The number of carboxylic acids is 1. The molecule has 0 saturated heterocycles. The van der Waals surface area contributed by atoms with Crippen LogP contribution in [0.5, 0.6) is 0 Å². The summed E-state index contributed by atoms with van der Waals surface area (Å²) >= 11 is 0. The summed E-state index contributed by atoms with van der Waals surface area (Å²) in [5, 5.41) is 13.0. The SMILES string of the molecule is COC(=O)CCc1c(C)nc2cc(C(=O)O)nn2c1C. The number of methoxy groups -OCH3 is 1. The lowest BCUT2D eigenvalue weighted by molar-refractivity contribution is -0.140. The van der Waals surface area contributed by atoms with E-state index in [1.54, 1.807) is 0 Å². The number of aryl methyl sites for hydroxylation is 2. The Morgan fingerprint density at radius 3 is 2.70 bits per heavy atom. The molecule has 2 aromatic heterocycles. The minimum Gasteiger partial charge on any atom is -0.476 e. The van der Waals surface area contributed by atoms with Crippen LogP contribution in [0.3, 0.4) is 0 Å². The van der Waals surface area contributed by atoms with Crippen LogP contribution in [-0.2, 0) is 16.0 Å². The maximum absolute atomic E-state index is 11.2. The van der Waals surface area contributed by atoms with E-state index in [1.165, 1.54) is 17.7 Å². The van der Waals surface area contributed by atoms with E-state index in [0.29, 0.717) is 12.1 Å². The lowest BCUT2D eigenvalue weighted by Gasteiger charge is -2.10. The molecule has 0 bridgehead atoms. The van der Waals surface area contributed by atoms with E-state index in [2.05, 4.69) is 14.8 Å². The number of carboxylic acid groups (broad SMARTS) is 1. The normalized spacial score (nSPS) is 10.8. The van der Waals surface area contributed by atoms with Crippen LogP contribution in [0.15, 0.2) is 6.07 Å². The van der Waals surface area contributed by atoms with Crippen molar-refractivity contribution >= 4 is 17.6 Å². The minimum atomic E-state index is -1.09. The van der Waals surface area contributed by atoms with Crippen molar-refractivity contribution in [2.75, 3.05) is 7.11 Å². The van der Waals surface area contributed by atoms with Gasteiger partial charge in [-0.2, -0.15) is 5.10 Å². The summed E-state index contributed by atoms with van der Waals surface area (Å²) in [6.45, 7) is 3.65. The van der Waals surface area contributed by atoms with Crippen LogP contribution in [0.4, 0.5) is 0 Å². The predicted octanol–water partition coefficient (Wildman–Crippen LogP) is 1.15. The van der Waals surface area contributed by atoms with E-state index in [9.17, 15) is 9.59 Å². The molecule has 106 valence electrons. The molecule has 20 heavy (non-hydrogen) atoms. The highest BCUT2D eigenvalue weighted by Crippen LogP contribution is 2.17. The number of aromatic carboxylic acids is 1. The van der Waals surface area contributed by atoms with Gasteiger partial charge in [-0.15, -0.1) is 0 Å². The van der Waals surface area contributed by atoms with E-state index in [0.717, 1.165) is 17.0 Å². The number of carbonyl (C=O) groups excluding carboxylic acids is 1. The largest absolute Gasteiger partial charge is 0.476 e. The lowest BCUT2D eigenvalue weighted by atomic mass is 10.1. The molecule has 0 aromatic carbocycles. The monoisotopic (exact) mass is 277 g/mol. The van der Waals surface area contributed by atoms with Crippen LogP contribution < -0.4 is 0 Å². The zero-order chi connectivity index (χ0) is 14.9. The zero-order valence-electron chi connectivity index (χ0n) is 11.5. The first-order valence-corrected chi connectivity index (χ1v) is 6.10. The summed E-state index contributed by atoms with van der Waals surface area (Å²) in [7, 11) is 1.34. The Balaban J connectivity index is 2.45. The molecule has 0 aliphatic carbocycles. The van der Waals surface area contributed by atoms with Gasteiger partial charge < -0.3 is 9.84 Å². The third-order valence-electron chi connectivity index (χ3n) is 3.19. The number of nitrogens with zero attached hydrogens (tertiary/aromatic N) is 3. The molecule has 1 N–H and O–H groups in total. The number of rotatable bonds is 4. The lowest BCUT2D eigenvalue weighted by Crippen LogP contribution is -2.09. The van der Waals surface area contributed by atoms with Crippen LogP contribution in [0, 0.1) is 13.8 Å². The van der Waals surface area contributed by atoms with Gasteiger partial charge in [0, 0.05) is 23.9 Å². The Morgan fingerprint density at radius 1 is 1.40 bits per heavy atom. The minimum absolute atomic E-state index is 0.0508. The molecular weight excluding hydrogens is 262 g/mol. The molecule has 0 aliphatic heterocycles. The van der Waals surface area contributed by atoms with Gasteiger partial charge in [-0.25, -0.2) is 14.3 Å². The average Bonchev–Trinajstić information content (AvgIpc) is 2.82. The third kappa shape index (κ3) is 2.47. The molecule has 0 fully saturated rings. The Morgan fingerprint density at radius 2 is 2.10 bits per heavy atom. The van der Waals surface area contributed by atoms with Crippen molar-refractivity contribution in [3.8, 4) is 0 Å². The summed E-state index contributed by atoms with van der Waals surface area (Å²) in [6, 6.07) is 1.42. The quantitative estimate of drug-likeness (QED) is 0.842. The number of aromatic nitrogens is 3. The second-order valence-electron chi connectivity index (χ2n) is 4.44.